The minimum absolute atomic E-state index is 0.0628. The Hall–Kier alpha value is -3.96. The fourth-order valence-corrected chi connectivity index (χ4v) is 7.90. The van der Waals surface area contributed by atoms with E-state index in [1.54, 1.807) is 20.8 Å². The molecule has 0 unspecified atom stereocenters. The third kappa shape index (κ3) is 19.8. The van der Waals surface area contributed by atoms with Crippen LogP contribution in [-0.4, -0.2) is 104 Å². The standard InChI is InChI=1S/C22H29NO5S.C16H19NO3S.C6H11BrO2/c1-22(2,3)28-20(24)17-27-16-15-23(29(4,25)26)21(18-11-7-5-8-12-18)19-13-9-6-10-14-19;1-21(19,20)17(12-13-18)16(14-8-4-2-5-9-14)15-10-6-3-7-11-15;1-6(2,3)9-5(8)4-7/h5-14,21H,15-17H2,1-4H3;2-11,16,18H,12-13H2,1H3;4H2,1-3H3. The molecule has 0 radical (unpaired) electrons. The second-order valence-corrected chi connectivity index (χ2v) is 19.7. The first kappa shape index (κ1) is 51.2. The van der Waals surface area contributed by atoms with Crippen LogP contribution in [0.2, 0.25) is 0 Å². The van der Waals surface area contributed by atoms with Gasteiger partial charge in [-0.25, -0.2) is 21.6 Å². The fraction of sp³-hybridized carbons (Fsp3) is 0.409. The highest BCUT2D eigenvalue weighted by molar-refractivity contribution is 9.09. The Labute approximate surface area is 359 Å². The minimum atomic E-state index is -3.55. The molecule has 0 amide bonds. The van der Waals surface area contributed by atoms with Crippen LogP contribution in [0.4, 0.5) is 0 Å². The molecular formula is C44H59BrN2O10S2. The SMILES string of the molecule is CC(C)(C)OC(=O)CBr.CC(C)(C)OC(=O)COCCN(C(c1ccccc1)c1ccccc1)S(C)(=O)=O.CS(=O)(=O)N(CCO)C(c1ccccc1)c1ccccc1. The van der Waals surface area contributed by atoms with E-state index in [1.165, 1.54) is 21.1 Å². The molecular weight excluding hydrogens is 861 g/mol. The molecule has 0 saturated carbocycles. The zero-order chi connectivity index (χ0) is 44.3. The van der Waals surface area contributed by atoms with Crippen LogP contribution < -0.4 is 0 Å². The van der Waals surface area contributed by atoms with Crippen molar-refractivity contribution in [3.63, 3.8) is 0 Å². The average molecular weight is 920 g/mol. The van der Waals surface area contributed by atoms with E-state index < -0.39 is 43.7 Å². The van der Waals surface area contributed by atoms with Crippen LogP contribution >= 0.6 is 15.9 Å². The number of esters is 2. The van der Waals surface area contributed by atoms with Gasteiger partial charge in [-0.05, 0) is 63.8 Å². The summed E-state index contributed by atoms with van der Waals surface area (Å²) >= 11 is 2.99. The summed E-state index contributed by atoms with van der Waals surface area (Å²) in [6.45, 7) is 10.7. The van der Waals surface area contributed by atoms with Gasteiger partial charge in [0.25, 0.3) is 0 Å². The van der Waals surface area contributed by atoms with Gasteiger partial charge in [-0.1, -0.05) is 137 Å². The van der Waals surface area contributed by atoms with E-state index in [2.05, 4.69) is 15.9 Å². The van der Waals surface area contributed by atoms with Crippen LogP contribution in [0.15, 0.2) is 121 Å². The normalized spacial score (nSPS) is 12.0. The number of nitrogens with zero attached hydrogens (tertiary/aromatic N) is 2. The van der Waals surface area contributed by atoms with Crippen LogP contribution in [0.25, 0.3) is 0 Å². The lowest BCUT2D eigenvalue weighted by Gasteiger charge is -2.30. The summed E-state index contributed by atoms with van der Waals surface area (Å²) in [7, 11) is -7.00. The molecule has 15 heteroatoms. The predicted molar refractivity (Wildman–Crippen MR) is 236 cm³/mol. The van der Waals surface area contributed by atoms with Crippen molar-refractivity contribution in [2.75, 3.05) is 50.8 Å². The van der Waals surface area contributed by atoms with E-state index in [-0.39, 0.29) is 49.8 Å². The predicted octanol–water partition coefficient (Wildman–Crippen LogP) is 7.15. The van der Waals surface area contributed by atoms with E-state index in [9.17, 15) is 31.5 Å². The van der Waals surface area contributed by atoms with Gasteiger partial charge >= 0.3 is 11.9 Å². The maximum atomic E-state index is 12.6. The molecule has 59 heavy (non-hydrogen) atoms. The molecule has 0 aliphatic rings. The molecule has 12 nitrogen and oxygen atoms in total. The number of rotatable bonds is 16. The number of sulfonamides is 2. The molecule has 0 heterocycles. The molecule has 4 aromatic rings. The van der Waals surface area contributed by atoms with Gasteiger partial charge in [0.1, 0.15) is 23.1 Å². The van der Waals surface area contributed by atoms with E-state index in [1.807, 2.05) is 142 Å². The van der Waals surface area contributed by atoms with Gasteiger partial charge in [-0.3, -0.25) is 4.79 Å². The van der Waals surface area contributed by atoms with Crippen LogP contribution in [0.1, 0.15) is 75.9 Å². The maximum Gasteiger partial charge on any atom is 0.332 e. The summed E-state index contributed by atoms with van der Waals surface area (Å²) in [6, 6.07) is 36.9. The van der Waals surface area contributed by atoms with Gasteiger partial charge in [0, 0.05) is 13.1 Å². The Bertz CT molecular complexity index is 1970. The largest absolute Gasteiger partial charge is 0.459 e. The molecule has 0 spiro atoms. The average Bonchev–Trinajstić information content (AvgIpc) is 3.16. The van der Waals surface area contributed by atoms with Crippen LogP contribution in [0, 0.1) is 0 Å². The van der Waals surface area contributed by atoms with Crippen molar-refractivity contribution in [3.05, 3.63) is 144 Å². The first-order valence-corrected chi connectivity index (χ1v) is 23.7. The number of ether oxygens (including phenoxy) is 3. The van der Waals surface area contributed by atoms with Crippen molar-refractivity contribution >= 4 is 47.9 Å². The molecule has 0 aliphatic heterocycles. The van der Waals surface area contributed by atoms with Crippen LogP contribution in [0.3, 0.4) is 0 Å². The highest BCUT2D eigenvalue weighted by Gasteiger charge is 2.30. The van der Waals surface area contributed by atoms with Crippen molar-refractivity contribution in [2.45, 2.75) is 64.8 Å². The lowest BCUT2D eigenvalue weighted by molar-refractivity contribution is -0.160. The number of aliphatic hydroxyl groups excluding tert-OH is 1. The Morgan fingerprint density at radius 1 is 0.576 bits per heavy atom. The summed E-state index contributed by atoms with van der Waals surface area (Å²) in [5.41, 5.74) is 2.52. The molecule has 0 aliphatic carbocycles. The number of halogens is 1. The molecule has 0 saturated heterocycles. The number of benzene rings is 4. The number of aliphatic hydroxyl groups is 1. The van der Waals surface area contributed by atoms with Gasteiger partial charge in [0.2, 0.25) is 20.0 Å². The van der Waals surface area contributed by atoms with Gasteiger partial charge < -0.3 is 19.3 Å². The van der Waals surface area contributed by atoms with Gasteiger partial charge in [-0.15, -0.1) is 0 Å². The highest BCUT2D eigenvalue weighted by atomic mass is 79.9. The van der Waals surface area contributed by atoms with Gasteiger partial charge in [0.15, 0.2) is 0 Å². The van der Waals surface area contributed by atoms with Crippen molar-refractivity contribution in [1.82, 2.24) is 8.61 Å². The Morgan fingerprint density at radius 2 is 0.881 bits per heavy atom. The zero-order valence-electron chi connectivity index (χ0n) is 35.2. The fourth-order valence-electron chi connectivity index (χ4n) is 5.71. The smallest absolute Gasteiger partial charge is 0.332 e. The van der Waals surface area contributed by atoms with Crippen molar-refractivity contribution in [1.29, 1.82) is 0 Å². The molecule has 4 aromatic carbocycles. The number of hydrogen-bond donors (Lipinski definition) is 1. The minimum Gasteiger partial charge on any atom is -0.459 e. The lowest BCUT2D eigenvalue weighted by atomic mass is 9.99. The lowest BCUT2D eigenvalue weighted by Crippen LogP contribution is -2.37. The topological polar surface area (TPSA) is 157 Å². The first-order valence-electron chi connectivity index (χ1n) is 18.9. The van der Waals surface area contributed by atoms with Gasteiger partial charge in [-0.2, -0.15) is 8.61 Å². The summed E-state index contributed by atoms with van der Waals surface area (Å²) in [4.78, 5) is 22.4. The summed E-state index contributed by atoms with van der Waals surface area (Å²) < 4.78 is 67.7. The molecule has 0 bridgehead atoms. The zero-order valence-corrected chi connectivity index (χ0v) is 38.4. The number of alkyl halides is 1. The second-order valence-electron chi connectivity index (χ2n) is 15.3. The number of carbonyl (C=O) groups excluding carboxylic acids is 2. The summed E-state index contributed by atoms with van der Waals surface area (Å²) in [6.07, 6.45) is 2.35. The van der Waals surface area contributed by atoms with Crippen molar-refractivity contribution in [3.8, 4) is 0 Å². The quantitative estimate of drug-likeness (QED) is 0.0696. The third-order valence-electron chi connectivity index (χ3n) is 7.83. The monoisotopic (exact) mass is 918 g/mol. The molecule has 0 aromatic heterocycles. The summed E-state index contributed by atoms with van der Waals surface area (Å²) in [5, 5.41) is 9.50. The van der Waals surface area contributed by atoms with Crippen LogP contribution in [0.5, 0.6) is 0 Å². The van der Waals surface area contributed by atoms with E-state index in [4.69, 9.17) is 14.2 Å². The summed E-state index contributed by atoms with van der Waals surface area (Å²) in [5.74, 6) is -0.700. The second kappa shape index (κ2) is 24.3. The number of hydrogen-bond acceptors (Lipinski definition) is 10. The Balaban J connectivity index is 0.000000348. The Kier molecular flexibility index (Phi) is 21.1. The maximum absolute atomic E-state index is 12.6. The Morgan fingerprint density at radius 3 is 1.14 bits per heavy atom. The molecule has 0 fully saturated rings. The molecule has 324 valence electrons. The van der Waals surface area contributed by atoms with E-state index >= 15 is 0 Å². The molecule has 1 N–H and O–H groups in total. The first-order chi connectivity index (χ1) is 27.6. The highest BCUT2D eigenvalue weighted by Crippen LogP contribution is 2.31. The molecule has 4 rings (SSSR count). The van der Waals surface area contributed by atoms with Crippen molar-refractivity contribution in [2.24, 2.45) is 0 Å². The van der Waals surface area contributed by atoms with Crippen LogP contribution in [-0.2, 0) is 43.8 Å². The third-order valence-corrected chi connectivity index (χ3v) is 10.8. The molecule has 0 atom stereocenters. The van der Waals surface area contributed by atoms with Gasteiger partial charge in [0.05, 0.1) is 37.8 Å². The number of carbonyl (C=O) groups is 2. The van der Waals surface area contributed by atoms with E-state index in [0.29, 0.717) is 0 Å². The van der Waals surface area contributed by atoms with E-state index in [0.717, 1.165) is 22.3 Å². The van der Waals surface area contributed by atoms with Crippen molar-refractivity contribution < 1.29 is 45.7 Å².